The third kappa shape index (κ3) is 3.24. The average Bonchev–Trinajstić information content (AvgIpc) is 2.37. The summed E-state index contributed by atoms with van der Waals surface area (Å²) in [4.78, 5) is 5.74. The fourth-order valence-corrected chi connectivity index (χ4v) is 2.25. The Morgan fingerprint density at radius 2 is 1.94 bits per heavy atom. The molecule has 88 valence electrons. The van der Waals surface area contributed by atoms with Gasteiger partial charge in [-0.2, -0.15) is 0 Å². The Balaban J connectivity index is 2.07. The Kier molecular flexibility index (Phi) is 4.04. The summed E-state index contributed by atoms with van der Waals surface area (Å²) >= 11 is 1.75. The highest BCUT2D eigenvalue weighted by Gasteiger charge is 2.00. The number of thioether (sulfide) groups is 1. The zero-order chi connectivity index (χ0) is 12.1. The third-order valence-electron chi connectivity index (χ3n) is 2.51. The van der Waals surface area contributed by atoms with Gasteiger partial charge >= 0.3 is 0 Å². The van der Waals surface area contributed by atoms with E-state index in [1.807, 2.05) is 31.2 Å². The second kappa shape index (κ2) is 5.73. The van der Waals surface area contributed by atoms with Crippen molar-refractivity contribution in [3.05, 3.63) is 53.9 Å². The smallest absolute Gasteiger partial charge is 0.0597 e. The van der Waals surface area contributed by atoms with Crippen LogP contribution < -0.4 is 5.32 Å². The lowest BCUT2D eigenvalue weighted by atomic mass is 10.3. The number of hydrogen-bond donors (Lipinski definition) is 1. The molecule has 0 saturated heterocycles. The van der Waals surface area contributed by atoms with Crippen LogP contribution in [0.3, 0.4) is 0 Å². The van der Waals surface area contributed by atoms with Gasteiger partial charge in [0, 0.05) is 16.3 Å². The molecule has 0 amide bonds. The van der Waals surface area contributed by atoms with E-state index in [-0.39, 0.29) is 0 Å². The molecule has 0 fully saturated rings. The van der Waals surface area contributed by atoms with Crippen molar-refractivity contribution in [1.82, 2.24) is 4.98 Å². The van der Waals surface area contributed by atoms with Crippen LogP contribution in [0.5, 0.6) is 0 Å². The van der Waals surface area contributed by atoms with E-state index in [4.69, 9.17) is 0 Å². The van der Waals surface area contributed by atoms with Gasteiger partial charge in [0.05, 0.1) is 12.2 Å². The lowest BCUT2D eigenvalue weighted by Gasteiger charge is -2.10. The minimum absolute atomic E-state index is 0.763. The molecule has 0 unspecified atom stereocenters. The van der Waals surface area contributed by atoms with Gasteiger partial charge in [0.15, 0.2) is 0 Å². The van der Waals surface area contributed by atoms with Gasteiger partial charge in [-0.3, -0.25) is 4.98 Å². The summed E-state index contributed by atoms with van der Waals surface area (Å²) in [6, 6.07) is 14.4. The molecule has 2 rings (SSSR count). The van der Waals surface area contributed by atoms with Crippen LogP contribution in [0.2, 0.25) is 0 Å². The fourth-order valence-electron chi connectivity index (χ4n) is 1.67. The number of benzene rings is 1. The van der Waals surface area contributed by atoms with Gasteiger partial charge in [-0.1, -0.05) is 18.2 Å². The number of aromatic nitrogens is 1. The van der Waals surface area contributed by atoms with E-state index in [0.717, 1.165) is 17.9 Å². The van der Waals surface area contributed by atoms with Crippen molar-refractivity contribution in [2.24, 2.45) is 0 Å². The summed E-state index contributed by atoms with van der Waals surface area (Å²) in [5.74, 6) is 0. The maximum atomic E-state index is 4.47. The van der Waals surface area contributed by atoms with Crippen LogP contribution in [-0.2, 0) is 6.54 Å². The molecule has 2 nitrogen and oxygen atoms in total. The van der Waals surface area contributed by atoms with Gasteiger partial charge in [-0.25, -0.2) is 0 Å². The van der Waals surface area contributed by atoms with Gasteiger partial charge < -0.3 is 5.32 Å². The van der Waals surface area contributed by atoms with Crippen LogP contribution in [0.25, 0.3) is 0 Å². The molecule has 0 saturated carbocycles. The Hall–Kier alpha value is -1.48. The summed E-state index contributed by atoms with van der Waals surface area (Å²) in [5.41, 5.74) is 3.30. The first-order chi connectivity index (χ1) is 8.29. The van der Waals surface area contributed by atoms with Gasteiger partial charge in [-0.05, 0) is 37.4 Å². The molecule has 2 aromatic rings. The Bertz CT molecular complexity index is 497. The Morgan fingerprint density at radius 1 is 1.12 bits per heavy atom. The molecule has 0 aliphatic heterocycles. The predicted octanol–water partition coefficient (Wildman–Crippen LogP) is 3.72. The summed E-state index contributed by atoms with van der Waals surface area (Å²) in [5, 5.41) is 3.42. The minimum atomic E-state index is 0.763. The van der Waals surface area contributed by atoms with Crippen LogP contribution in [-0.4, -0.2) is 11.2 Å². The Morgan fingerprint density at radius 3 is 2.71 bits per heavy atom. The number of hydrogen-bond acceptors (Lipinski definition) is 3. The lowest BCUT2D eigenvalue weighted by molar-refractivity contribution is 1.01. The van der Waals surface area contributed by atoms with Crippen molar-refractivity contribution < 1.29 is 0 Å². The molecule has 0 atom stereocenters. The summed E-state index contributed by atoms with van der Waals surface area (Å²) in [6.45, 7) is 2.78. The first-order valence-electron chi connectivity index (χ1n) is 5.59. The lowest BCUT2D eigenvalue weighted by Crippen LogP contribution is -2.02. The largest absolute Gasteiger partial charge is 0.378 e. The first-order valence-corrected chi connectivity index (χ1v) is 6.81. The normalized spacial score (nSPS) is 10.2. The zero-order valence-electron chi connectivity index (χ0n) is 10.1. The summed E-state index contributed by atoms with van der Waals surface area (Å²) in [6.07, 6.45) is 2.09. The highest BCUT2D eigenvalue weighted by atomic mass is 32.2. The molecule has 1 heterocycles. The second-order valence-corrected chi connectivity index (χ2v) is 4.67. The molecule has 3 heteroatoms. The number of pyridine rings is 1. The van der Waals surface area contributed by atoms with Gasteiger partial charge in [0.2, 0.25) is 0 Å². The molecule has 1 aromatic heterocycles. The van der Waals surface area contributed by atoms with Crippen LogP contribution in [0, 0.1) is 6.92 Å². The highest BCUT2D eigenvalue weighted by molar-refractivity contribution is 7.98. The van der Waals surface area contributed by atoms with E-state index in [1.165, 1.54) is 10.6 Å². The molecule has 0 radical (unpaired) electrons. The van der Waals surface area contributed by atoms with E-state index in [0.29, 0.717) is 0 Å². The number of nitrogens with one attached hydrogen (secondary N) is 1. The predicted molar refractivity (Wildman–Crippen MR) is 74.5 cm³/mol. The average molecular weight is 244 g/mol. The van der Waals surface area contributed by atoms with E-state index in [1.54, 1.807) is 11.8 Å². The molecule has 1 aromatic carbocycles. The van der Waals surface area contributed by atoms with Gasteiger partial charge in [-0.15, -0.1) is 11.8 Å². The molecule has 0 spiro atoms. The second-order valence-electron chi connectivity index (χ2n) is 3.82. The van der Waals surface area contributed by atoms with Crippen molar-refractivity contribution in [1.29, 1.82) is 0 Å². The van der Waals surface area contributed by atoms with E-state index in [9.17, 15) is 0 Å². The topological polar surface area (TPSA) is 24.9 Å². The zero-order valence-corrected chi connectivity index (χ0v) is 10.9. The van der Waals surface area contributed by atoms with Crippen molar-refractivity contribution >= 4 is 17.4 Å². The fraction of sp³-hybridized carbons (Fsp3) is 0.214. The monoisotopic (exact) mass is 244 g/mol. The maximum absolute atomic E-state index is 4.47. The van der Waals surface area contributed by atoms with E-state index >= 15 is 0 Å². The molecule has 0 aliphatic rings. The summed E-state index contributed by atoms with van der Waals surface area (Å²) in [7, 11) is 0. The van der Waals surface area contributed by atoms with Gasteiger partial charge in [0.1, 0.15) is 0 Å². The van der Waals surface area contributed by atoms with Crippen LogP contribution >= 0.6 is 11.8 Å². The first kappa shape index (κ1) is 12.0. The molecular formula is C14H16N2S. The number of anilines is 1. The Labute approximate surface area is 106 Å². The maximum Gasteiger partial charge on any atom is 0.0597 e. The van der Waals surface area contributed by atoms with Crippen molar-refractivity contribution in [2.45, 2.75) is 18.4 Å². The third-order valence-corrected chi connectivity index (χ3v) is 3.31. The standard InChI is InChI=1S/C14H16N2S/c1-11-6-5-7-12(16-11)10-15-13-8-3-4-9-14(13)17-2/h3-9,15H,10H2,1-2H3. The van der Waals surface area contributed by atoms with E-state index in [2.05, 4.69) is 34.8 Å². The molecule has 0 bridgehead atoms. The van der Waals surface area contributed by atoms with Crippen LogP contribution in [0.1, 0.15) is 11.4 Å². The molecule has 17 heavy (non-hydrogen) atoms. The minimum Gasteiger partial charge on any atom is -0.378 e. The molecule has 1 N–H and O–H groups in total. The van der Waals surface area contributed by atoms with Crippen molar-refractivity contribution in [2.75, 3.05) is 11.6 Å². The molecular weight excluding hydrogens is 228 g/mol. The number of aryl methyl sites for hydroxylation is 1. The van der Waals surface area contributed by atoms with Crippen molar-refractivity contribution in [3.8, 4) is 0 Å². The van der Waals surface area contributed by atoms with Crippen molar-refractivity contribution in [3.63, 3.8) is 0 Å². The highest BCUT2D eigenvalue weighted by Crippen LogP contribution is 2.24. The number of nitrogens with zero attached hydrogens (tertiary/aromatic N) is 1. The quantitative estimate of drug-likeness (QED) is 0.830. The molecule has 0 aliphatic carbocycles. The SMILES string of the molecule is CSc1ccccc1NCc1cccc(C)n1. The number of rotatable bonds is 4. The number of para-hydroxylation sites is 1. The van der Waals surface area contributed by atoms with E-state index < -0.39 is 0 Å². The van der Waals surface area contributed by atoms with Gasteiger partial charge in [0.25, 0.3) is 0 Å². The van der Waals surface area contributed by atoms with Crippen LogP contribution in [0.15, 0.2) is 47.4 Å². The summed E-state index contributed by atoms with van der Waals surface area (Å²) < 4.78 is 0. The van der Waals surface area contributed by atoms with Crippen LogP contribution in [0.4, 0.5) is 5.69 Å².